The van der Waals surface area contributed by atoms with Crippen molar-refractivity contribution >= 4 is 17.7 Å². The van der Waals surface area contributed by atoms with Crippen LogP contribution in [-0.2, 0) is 9.59 Å². The van der Waals surface area contributed by atoms with Gasteiger partial charge in [-0.15, -0.1) is 0 Å². The van der Waals surface area contributed by atoms with Crippen LogP contribution in [0.4, 0.5) is 0 Å². The summed E-state index contributed by atoms with van der Waals surface area (Å²) in [7, 11) is 0. The predicted octanol–water partition coefficient (Wildman–Crippen LogP) is 2.32. The summed E-state index contributed by atoms with van der Waals surface area (Å²) in [5, 5.41) is 0. The summed E-state index contributed by atoms with van der Waals surface area (Å²) in [4.78, 5) is 43.7. The van der Waals surface area contributed by atoms with Gasteiger partial charge >= 0.3 is 0 Å². The maximum atomic E-state index is 13.0. The maximum Gasteiger partial charge on any atom is 0.254 e. The van der Waals surface area contributed by atoms with Gasteiger partial charge in [0, 0.05) is 50.2 Å². The van der Waals surface area contributed by atoms with E-state index in [2.05, 4.69) is 0 Å². The Labute approximate surface area is 167 Å². The van der Waals surface area contributed by atoms with Crippen LogP contribution in [0.2, 0.25) is 0 Å². The molecule has 6 nitrogen and oxygen atoms in total. The molecule has 0 aromatic heterocycles. The van der Waals surface area contributed by atoms with Crippen LogP contribution in [-0.4, -0.2) is 70.7 Å². The molecule has 0 radical (unpaired) electrons. The Hall–Kier alpha value is -2.37. The van der Waals surface area contributed by atoms with Gasteiger partial charge in [-0.05, 0) is 45.7 Å². The topological polar surface area (TPSA) is 60.9 Å². The lowest BCUT2D eigenvalue weighted by atomic mass is 10.1. The Morgan fingerprint density at radius 2 is 1.64 bits per heavy atom. The summed E-state index contributed by atoms with van der Waals surface area (Å²) in [5.74, 6) is -0.144. The van der Waals surface area contributed by atoms with Gasteiger partial charge in [0.25, 0.3) is 5.91 Å². The highest BCUT2D eigenvalue weighted by molar-refractivity contribution is 5.95. The number of carbonyl (C=O) groups is 3. The fourth-order valence-electron chi connectivity index (χ4n) is 4.10. The average Bonchev–Trinajstić information content (AvgIpc) is 2.88. The van der Waals surface area contributed by atoms with E-state index in [4.69, 9.17) is 0 Å². The second kappa shape index (κ2) is 7.94. The zero-order valence-electron chi connectivity index (χ0n) is 17.4. The highest BCUT2D eigenvalue weighted by Crippen LogP contribution is 2.27. The first-order chi connectivity index (χ1) is 13.2. The SMILES string of the molecule is Cc1ccccc1C(=O)N1CCCN(C(=O)C2CC(=O)N(C(C)(C)C)C2)CC1. The van der Waals surface area contributed by atoms with Crippen molar-refractivity contribution in [1.29, 1.82) is 0 Å². The second-order valence-electron chi connectivity index (χ2n) is 8.86. The molecule has 28 heavy (non-hydrogen) atoms. The molecule has 0 saturated carbocycles. The molecule has 1 aromatic carbocycles. The first-order valence-electron chi connectivity index (χ1n) is 10.1. The van der Waals surface area contributed by atoms with Gasteiger partial charge in [0.1, 0.15) is 0 Å². The molecule has 1 atom stereocenters. The van der Waals surface area contributed by atoms with Gasteiger partial charge in [-0.25, -0.2) is 0 Å². The smallest absolute Gasteiger partial charge is 0.254 e. The molecule has 2 saturated heterocycles. The lowest BCUT2D eigenvalue weighted by molar-refractivity contribution is -0.135. The third kappa shape index (κ3) is 4.21. The van der Waals surface area contributed by atoms with Crippen molar-refractivity contribution in [2.45, 2.75) is 46.1 Å². The zero-order chi connectivity index (χ0) is 20.5. The van der Waals surface area contributed by atoms with Crippen LogP contribution in [0.3, 0.4) is 0 Å². The van der Waals surface area contributed by atoms with E-state index in [-0.39, 0.29) is 29.2 Å². The Kier molecular flexibility index (Phi) is 5.77. The summed E-state index contributed by atoms with van der Waals surface area (Å²) in [6.07, 6.45) is 1.05. The minimum Gasteiger partial charge on any atom is -0.341 e. The second-order valence-corrected chi connectivity index (χ2v) is 8.86. The standard InChI is InChI=1S/C22H31N3O3/c1-16-8-5-6-9-18(16)21(28)24-11-7-10-23(12-13-24)20(27)17-14-19(26)25(15-17)22(2,3)4/h5-6,8-9,17H,7,10-15H2,1-4H3. The number of benzene rings is 1. The van der Waals surface area contributed by atoms with Gasteiger partial charge in [0.2, 0.25) is 11.8 Å². The van der Waals surface area contributed by atoms with E-state index in [9.17, 15) is 14.4 Å². The number of hydrogen-bond acceptors (Lipinski definition) is 3. The summed E-state index contributed by atoms with van der Waals surface area (Å²) >= 11 is 0. The number of hydrogen-bond donors (Lipinski definition) is 0. The summed E-state index contributed by atoms with van der Waals surface area (Å²) in [6, 6.07) is 7.61. The summed E-state index contributed by atoms with van der Waals surface area (Å²) in [6.45, 7) is 10.8. The number of carbonyl (C=O) groups excluding carboxylic acids is 3. The third-order valence-electron chi connectivity index (χ3n) is 5.75. The molecule has 0 N–H and O–H groups in total. The lowest BCUT2D eigenvalue weighted by Gasteiger charge is -2.32. The molecule has 2 fully saturated rings. The molecule has 2 heterocycles. The van der Waals surface area contributed by atoms with Crippen LogP contribution in [0.5, 0.6) is 0 Å². The Balaban J connectivity index is 1.62. The van der Waals surface area contributed by atoms with Crippen LogP contribution in [0.1, 0.15) is 49.5 Å². The van der Waals surface area contributed by atoms with Crippen molar-refractivity contribution in [3.8, 4) is 0 Å². The highest BCUT2D eigenvalue weighted by atomic mass is 16.2. The van der Waals surface area contributed by atoms with Gasteiger partial charge in [-0.3, -0.25) is 14.4 Å². The van der Waals surface area contributed by atoms with Crippen molar-refractivity contribution in [2.75, 3.05) is 32.7 Å². The monoisotopic (exact) mass is 385 g/mol. The molecular formula is C22H31N3O3. The Bertz CT molecular complexity index is 769. The predicted molar refractivity (Wildman–Crippen MR) is 108 cm³/mol. The molecule has 3 rings (SSSR count). The van der Waals surface area contributed by atoms with Gasteiger partial charge < -0.3 is 14.7 Å². The minimum atomic E-state index is -0.273. The van der Waals surface area contributed by atoms with Gasteiger partial charge in [-0.2, -0.15) is 0 Å². The van der Waals surface area contributed by atoms with E-state index >= 15 is 0 Å². The first kappa shape index (κ1) is 20.4. The zero-order valence-corrected chi connectivity index (χ0v) is 17.4. The highest BCUT2D eigenvalue weighted by Gasteiger charge is 2.41. The van der Waals surface area contributed by atoms with E-state index < -0.39 is 0 Å². The number of amides is 3. The Morgan fingerprint density at radius 1 is 1.00 bits per heavy atom. The molecule has 152 valence electrons. The lowest BCUT2D eigenvalue weighted by Crippen LogP contribution is -2.44. The van der Waals surface area contributed by atoms with E-state index in [1.54, 1.807) is 4.90 Å². The molecule has 2 aliphatic heterocycles. The van der Waals surface area contributed by atoms with E-state index in [0.29, 0.717) is 39.1 Å². The fourth-order valence-corrected chi connectivity index (χ4v) is 4.10. The fraction of sp³-hybridized carbons (Fsp3) is 0.591. The van der Waals surface area contributed by atoms with Crippen molar-refractivity contribution in [3.63, 3.8) is 0 Å². The number of nitrogens with zero attached hydrogens (tertiary/aromatic N) is 3. The normalized spacial score (nSPS) is 21.1. The van der Waals surface area contributed by atoms with Gasteiger partial charge in [-0.1, -0.05) is 18.2 Å². The molecular weight excluding hydrogens is 354 g/mol. The molecule has 1 aromatic rings. The largest absolute Gasteiger partial charge is 0.341 e. The van der Waals surface area contributed by atoms with Crippen LogP contribution in [0.25, 0.3) is 0 Å². The average molecular weight is 386 g/mol. The van der Waals surface area contributed by atoms with Crippen molar-refractivity contribution in [2.24, 2.45) is 5.92 Å². The quantitative estimate of drug-likeness (QED) is 0.785. The molecule has 0 bridgehead atoms. The van der Waals surface area contributed by atoms with Crippen molar-refractivity contribution in [3.05, 3.63) is 35.4 Å². The molecule has 6 heteroatoms. The summed E-state index contributed by atoms with van der Waals surface area (Å²) in [5.41, 5.74) is 1.43. The van der Waals surface area contributed by atoms with Crippen LogP contribution >= 0.6 is 0 Å². The van der Waals surface area contributed by atoms with E-state index in [1.165, 1.54) is 0 Å². The van der Waals surface area contributed by atoms with Crippen LogP contribution in [0, 0.1) is 12.8 Å². The number of aryl methyl sites for hydroxylation is 1. The van der Waals surface area contributed by atoms with Crippen molar-refractivity contribution in [1.82, 2.24) is 14.7 Å². The molecule has 2 aliphatic rings. The van der Waals surface area contributed by atoms with Gasteiger partial charge in [0.15, 0.2) is 0 Å². The number of likely N-dealkylation sites (tertiary alicyclic amines) is 1. The molecule has 3 amide bonds. The molecule has 1 unspecified atom stereocenters. The molecule has 0 spiro atoms. The maximum absolute atomic E-state index is 13.0. The van der Waals surface area contributed by atoms with Gasteiger partial charge in [0.05, 0.1) is 5.92 Å². The third-order valence-corrected chi connectivity index (χ3v) is 5.75. The van der Waals surface area contributed by atoms with Crippen molar-refractivity contribution < 1.29 is 14.4 Å². The van der Waals surface area contributed by atoms with E-state index in [0.717, 1.165) is 17.5 Å². The first-order valence-corrected chi connectivity index (χ1v) is 10.1. The minimum absolute atomic E-state index is 0.0300. The van der Waals surface area contributed by atoms with Crippen LogP contribution in [0.15, 0.2) is 24.3 Å². The summed E-state index contributed by atoms with van der Waals surface area (Å²) < 4.78 is 0. The number of rotatable bonds is 2. The molecule has 0 aliphatic carbocycles. The van der Waals surface area contributed by atoms with E-state index in [1.807, 2.05) is 61.8 Å². The Morgan fingerprint density at radius 3 is 2.29 bits per heavy atom. The van der Waals surface area contributed by atoms with Crippen LogP contribution < -0.4 is 0 Å².